The summed E-state index contributed by atoms with van der Waals surface area (Å²) >= 11 is 1.50. The summed E-state index contributed by atoms with van der Waals surface area (Å²) in [5, 5.41) is 5.90. The number of benzene rings is 2. The normalized spacial score (nSPS) is 12.2. The summed E-state index contributed by atoms with van der Waals surface area (Å²) in [5.74, 6) is 0.664. The van der Waals surface area contributed by atoms with Crippen LogP contribution in [0.3, 0.4) is 0 Å². The fourth-order valence-electron chi connectivity index (χ4n) is 3.36. The minimum atomic E-state index is -4.33. The molecule has 3 N–H and O–H groups in total. The van der Waals surface area contributed by atoms with E-state index in [-0.39, 0.29) is 17.6 Å². The number of hydrogen-bond donors (Lipinski definition) is 3. The van der Waals surface area contributed by atoms with E-state index in [9.17, 15) is 13.2 Å². The lowest BCUT2D eigenvalue weighted by molar-refractivity contribution is -0.121. The summed E-state index contributed by atoms with van der Waals surface area (Å²) in [6.07, 6.45) is 2.15. The van der Waals surface area contributed by atoms with Crippen LogP contribution in [0.15, 0.2) is 53.9 Å². The van der Waals surface area contributed by atoms with Gasteiger partial charge in [0.15, 0.2) is 0 Å². The number of ether oxygens (including phenoxy) is 1. The number of carbonyl (C=O) groups is 1. The molecule has 0 bridgehead atoms. The summed E-state index contributed by atoms with van der Waals surface area (Å²) < 4.78 is 38.3. The highest BCUT2D eigenvalue weighted by Crippen LogP contribution is 2.24. The zero-order valence-electron chi connectivity index (χ0n) is 18.4. The number of carbonyl (C=O) groups excluding carboxylic acids is 1. The van der Waals surface area contributed by atoms with Crippen LogP contribution in [0.5, 0.6) is 5.75 Å². The van der Waals surface area contributed by atoms with Gasteiger partial charge >= 0.3 is 10.3 Å². The minimum Gasteiger partial charge on any atom is -0.496 e. The molecule has 33 heavy (non-hydrogen) atoms. The number of methoxy groups -OCH3 is 1. The first-order valence-electron chi connectivity index (χ1n) is 10.5. The van der Waals surface area contributed by atoms with E-state index in [1.807, 2.05) is 41.3 Å². The molecule has 3 rings (SSSR count). The Morgan fingerprint density at radius 2 is 1.91 bits per heavy atom. The molecule has 10 heteroatoms. The minimum absolute atomic E-state index is 0.0937. The molecule has 0 saturated carbocycles. The topological polar surface area (TPSA) is 118 Å². The van der Waals surface area contributed by atoms with Crippen LogP contribution in [-0.2, 0) is 34.4 Å². The van der Waals surface area contributed by atoms with Gasteiger partial charge in [-0.1, -0.05) is 37.3 Å². The number of aromatic nitrogens is 1. The predicted octanol–water partition coefficient (Wildman–Crippen LogP) is 3.96. The van der Waals surface area contributed by atoms with Crippen molar-refractivity contribution in [3.63, 3.8) is 0 Å². The van der Waals surface area contributed by atoms with Crippen LogP contribution in [0, 0.1) is 0 Å². The van der Waals surface area contributed by atoms with Gasteiger partial charge in [0.25, 0.3) is 0 Å². The Kier molecular flexibility index (Phi) is 8.43. The molecule has 1 heterocycles. The Balaban J connectivity index is 1.71. The van der Waals surface area contributed by atoms with Gasteiger partial charge < -0.3 is 10.1 Å². The molecule has 176 valence electrons. The Morgan fingerprint density at radius 3 is 2.55 bits per heavy atom. The molecule has 0 saturated heterocycles. The second kappa shape index (κ2) is 11.3. The number of anilines is 1. The van der Waals surface area contributed by atoms with Crippen LogP contribution in [0.2, 0.25) is 0 Å². The van der Waals surface area contributed by atoms with E-state index in [4.69, 9.17) is 9.29 Å². The average Bonchev–Trinajstić information content (AvgIpc) is 3.27. The van der Waals surface area contributed by atoms with Crippen molar-refractivity contribution in [2.24, 2.45) is 0 Å². The largest absolute Gasteiger partial charge is 0.496 e. The van der Waals surface area contributed by atoms with Crippen molar-refractivity contribution in [3.8, 4) is 5.75 Å². The van der Waals surface area contributed by atoms with Crippen molar-refractivity contribution < 1.29 is 22.5 Å². The molecule has 3 aromatic rings. The van der Waals surface area contributed by atoms with Gasteiger partial charge in [-0.15, -0.1) is 11.3 Å². The number of amides is 1. The maximum Gasteiger partial charge on any atom is 0.357 e. The lowest BCUT2D eigenvalue weighted by atomic mass is 10.0. The number of hydrogen-bond acceptors (Lipinski definition) is 6. The van der Waals surface area contributed by atoms with Gasteiger partial charge in [-0.3, -0.25) is 14.1 Å². The van der Waals surface area contributed by atoms with Gasteiger partial charge in [-0.25, -0.2) is 4.98 Å². The molecule has 1 atom stereocenters. The molecule has 1 unspecified atom stereocenters. The monoisotopic (exact) mass is 489 g/mol. The SMILES string of the molecule is CCc1csc(C(Cc2ccc(NS(=O)(=O)O)cc2)NC(=O)CCc2ccccc2OC)n1. The highest BCUT2D eigenvalue weighted by Gasteiger charge is 2.19. The van der Waals surface area contributed by atoms with Gasteiger partial charge in [0.1, 0.15) is 10.8 Å². The zero-order chi connectivity index (χ0) is 23.8. The summed E-state index contributed by atoms with van der Waals surface area (Å²) in [7, 11) is -2.72. The molecule has 0 aliphatic rings. The number of thiazole rings is 1. The van der Waals surface area contributed by atoms with Crippen molar-refractivity contribution in [1.82, 2.24) is 10.3 Å². The van der Waals surface area contributed by atoms with Crippen molar-refractivity contribution >= 4 is 33.2 Å². The van der Waals surface area contributed by atoms with Crippen molar-refractivity contribution in [1.29, 1.82) is 0 Å². The molecule has 0 spiro atoms. The van der Waals surface area contributed by atoms with Gasteiger partial charge in [0.05, 0.1) is 24.5 Å². The van der Waals surface area contributed by atoms with Crippen LogP contribution in [0.25, 0.3) is 0 Å². The first-order chi connectivity index (χ1) is 15.8. The lowest BCUT2D eigenvalue weighted by Crippen LogP contribution is -2.30. The molecule has 0 fully saturated rings. The fourth-order valence-corrected chi connectivity index (χ4v) is 4.75. The number of aryl methyl sites for hydroxylation is 2. The third kappa shape index (κ3) is 7.55. The highest BCUT2D eigenvalue weighted by molar-refractivity contribution is 7.87. The van der Waals surface area contributed by atoms with Gasteiger partial charge in [0.2, 0.25) is 5.91 Å². The van der Waals surface area contributed by atoms with Crippen molar-refractivity contribution in [2.45, 2.75) is 38.6 Å². The summed E-state index contributed by atoms with van der Waals surface area (Å²) in [5.41, 5.74) is 3.08. The first kappa shape index (κ1) is 24.7. The zero-order valence-corrected chi connectivity index (χ0v) is 20.1. The Labute approximate surface area is 197 Å². The fraction of sp³-hybridized carbons (Fsp3) is 0.304. The molecule has 0 aliphatic carbocycles. The third-order valence-electron chi connectivity index (χ3n) is 5.02. The molecule has 0 radical (unpaired) electrons. The maximum atomic E-state index is 12.8. The lowest BCUT2D eigenvalue weighted by Gasteiger charge is -2.17. The third-order valence-corrected chi connectivity index (χ3v) is 6.52. The van der Waals surface area contributed by atoms with Gasteiger partial charge in [0, 0.05) is 11.8 Å². The molecular weight excluding hydrogens is 462 g/mol. The van der Waals surface area contributed by atoms with Gasteiger partial charge in [-0.05, 0) is 48.6 Å². The standard InChI is InChI=1S/C23H27N3O5S2/c1-3-18-15-32-23(24-18)20(14-16-8-11-19(12-9-16)26-33(28,29)30)25-22(27)13-10-17-6-4-5-7-21(17)31-2/h4-9,11-12,15,20,26H,3,10,13-14H2,1-2H3,(H,25,27)(H,28,29,30). The van der Waals surface area contributed by atoms with E-state index in [2.05, 4.69) is 10.3 Å². The summed E-state index contributed by atoms with van der Waals surface area (Å²) in [4.78, 5) is 17.4. The van der Waals surface area contributed by atoms with E-state index in [0.29, 0.717) is 19.3 Å². The van der Waals surface area contributed by atoms with Crippen LogP contribution in [-0.4, -0.2) is 31.0 Å². The van der Waals surface area contributed by atoms with E-state index in [1.165, 1.54) is 11.3 Å². The molecule has 1 aromatic heterocycles. The molecule has 0 aliphatic heterocycles. The van der Waals surface area contributed by atoms with E-state index < -0.39 is 10.3 Å². The van der Waals surface area contributed by atoms with Crippen LogP contribution in [0.4, 0.5) is 5.69 Å². The molecular formula is C23H27N3O5S2. The number of para-hydroxylation sites is 1. The molecule has 8 nitrogen and oxygen atoms in total. The summed E-state index contributed by atoms with van der Waals surface area (Å²) in [6.45, 7) is 2.03. The van der Waals surface area contributed by atoms with Crippen LogP contribution < -0.4 is 14.8 Å². The average molecular weight is 490 g/mol. The number of rotatable bonds is 11. The first-order valence-corrected chi connectivity index (χ1v) is 12.8. The smallest absolute Gasteiger partial charge is 0.357 e. The Bertz CT molecular complexity index is 1180. The predicted molar refractivity (Wildman–Crippen MR) is 129 cm³/mol. The summed E-state index contributed by atoms with van der Waals surface area (Å²) in [6, 6.07) is 13.9. The molecule has 2 aromatic carbocycles. The quantitative estimate of drug-likeness (QED) is 0.351. The van der Waals surface area contributed by atoms with E-state index >= 15 is 0 Å². The Hall–Kier alpha value is -2.95. The molecule has 1 amide bonds. The van der Waals surface area contributed by atoms with Crippen LogP contribution >= 0.6 is 11.3 Å². The Morgan fingerprint density at radius 1 is 1.18 bits per heavy atom. The number of nitrogens with one attached hydrogen (secondary N) is 2. The maximum absolute atomic E-state index is 12.8. The van der Waals surface area contributed by atoms with Crippen LogP contribution in [0.1, 0.15) is 41.2 Å². The number of nitrogens with zero attached hydrogens (tertiary/aromatic N) is 1. The van der Waals surface area contributed by atoms with E-state index in [0.717, 1.165) is 34.0 Å². The second-order valence-electron chi connectivity index (χ2n) is 7.44. The van der Waals surface area contributed by atoms with Crippen molar-refractivity contribution in [2.75, 3.05) is 11.8 Å². The van der Waals surface area contributed by atoms with Crippen molar-refractivity contribution in [3.05, 3.63) is 75.7 Å². The van der Waals surface area contributed by atoms with E-state index in [1.54, 1.807) is 31.4 Å². The highest BCUT2D eigenvalue weighted by atomic mass is 32.2. The second-order valence-corrected chi connectivity index (χ2v) is 9.48. The van der Waals surface area contributed by atoms with Gasteiger partial charge in [-0.2, -0.15) is 8.42 Å².